The van der Waals surface area contributed by atoms with E-state index in [0.717, 1.165) is 0 Å². The first kappa shape index (κ1) is 15.9. The van der Waals surface area contributed by atoms with Gasteiger partial charge < -0.3 is 26.0 Å². The average molecular weight is 283 g/mol. The molecule has 0 aliphatic heterocycles. The van der Waals surface area contributed by atoms with E-state index in [1.807, 2.05) is 0 Å². The van der Waals surface area contributed by atoms with E-state index < -0.39 is 17.5 Å². The molecule has 0 saturated carbocycles. The number of rotatable bonds is 7. The van der Waals surface area contributed by atoms with E-state index in [9.17, 15) is 9.59 Å². The maximum Gasteiger partial charge on any atom is 0.335 e. The number of hydrogen-bond acceptors (Lipinski definition) is 5. The first-order valence-corrected chi connectivity index (χ1v) is 6.08. The lowest BCUT2D eigenvalue weighted by molar-refractivity contribution is -0.378. The number of carbonyl (C=O) groups excluding carboxylic acids is 1. The first-order valence-electron chi connectivity index (χ1n) is 6.08. The molecule has 0 bridgehead atoms. The highest BCUT2D eigenvalue weighted by molar-refractivity contribution is 5.87. The zero-order valence-corrected chi connectivity index (χ0v) is 11.3. The van der Waals surface area contributed by atoms with Crippen molar-refractivity contribution in [2.75, 3.05) is 19.8 Å². The smallest absolute Gasteiger partial charge is 0.335 e. The Balaban J connectivity index is 2.34. The summed E-state index contributed by atoms with van der Waals surface area (Å²) in [5.74, 6) is -1.03. The van der Waals surface area contributed by atoms with Crippen molar-refractivity contribution in [1.29, 1.82) is 0 Å². The molecule has 0 saturated heterocycles. The molecular weight excluding hydrogens is 264 g/mol. The number of nitrogens with two attached hydrogens (primary N) is 1. The standard InChI is InChI=1S/C13H18N2O5/c1-13(15,8-14)12(18)20-7-6-19-10-4-2-9(3-5-10)11(16)17/h2-5H,6-8,14-15H2,1H3,(H,16,17)/p+1. The summed E-state index contributed by atoms with van der Waals surface area (Å²) in [6.07, 6.45) is 0. The Hall–Kier alpha value is -2.12. The van der Waals surface area contributed by atoms with Gasteiger partial charge in [-0.25, -0.2) is 9.59 Å². The van der Waals surface area contributed by atoms with Crippen molar-refractivity contribution in [2.45, 2.75) is 12.5 Å². The van der Waals surface area contributed by atoms with Crippen molar-refractivity contribution in [2.24, 2.45) is 5.73 Å². The van der Waals surface area contributed by atoms with Crippen molar-refractivity contribution in [3.63, 3.8) is 0 Å². The molecule has 1 unspecified atom stereocenters. The average Bonchev–Trinajstić information content (AvgIpc) is 2.43. The molecule has 6 N–H and O–H groups in total. The monoisotopic (exact) mass is 283 g/mol. The lowest BCUT2D eigenvalue weighted by Gasteiger charge is -2.18. The molecule has 7 heteroatoms. The van der Waals surface area contributed by atoms with Crippen molar-refractivity contribution in [3.05, 3.63) is 29.8 Å². The van der Waals surface area contributed by atoms with E-state index in [1.165, 1.54) is 24.3 Å². The first-order chi connectivity index (χ1) is 9.36. The number of aromatic carboxylic acids is 1. The van der Waals surface area contributed by atoms with Crippen LogP contribution in [0.25, 0.3) is 0 Å². The van der Waals surface area contributed by atoms with Crippen LogP contribution in [0, 0.1) is 0 Å². The third-order valence-electron chi connectivity index (χ3n) is 2.67. The second kappa shape index (κ2) is 6.88. The fraction of sp³-hybridized carbons (Fsp3) is 0.385. The number of quaternary nitrogens is 1. The molecule has 1 atom stereocenters. The Morgan fingerprint density at radius 1 is 1.30 bits per heavy atom. The van der Waals surface area contributed by atoms with Crippen molar-refractivity contribution < 1.29 is 29.9 Å². The molecule has 0 radical (unpaired) electrons. The van der Waals surface area contributed by atoms with Crippen LogP contribution in [-0.2, 0) is 9.53 Å². The van der Waals surface area contributed by atoms with Crippen LogP contribution in [0.15, 0.2) is 24.3 Å². The van der Waals surface area contributed by atoms with Crippen LogP contribution in [0.5, 0.6) is 5.75 Å². The van der Waals surface area contributed by atoms with Crippen LogP contribution < -0.4 is 16.2 Å². The minimum atomic E-state index is -1.09. The van der Waals surface area contributed by atoms with Gasteiger partial charge in [-0.15, -0.1) is 0 Å². The third-order valence-corrected chi connectivity index (χ3v) is 2.67. The predicted molar refractivity (Wildman–Crippen MR) is 70.2 cm³/mol. The van der Waals surface area contributed by atoms with E-state index in [0.29, 0.717) is 5.75 Å². The number of carbonyl (C=O) groups is 2. The summed E-state index contributed by atoms with van der Waals surface area (Å²) < 4.78 is 10.3. The lowest BCUT2D eigenvalue weighted by Crippen LogP contribution is -2.67. The molecule has 0 amide bonds. The van der Waals surface area contributed by atoms with Gasteiger partial charge in [0.15, 0.2) is 5.54 Å². The van der Waals surface area contributed by atoms with Crippen LogP contribution in [0.1, 0.15) is 17.3 Å². The molecule has 110 valence electrons. The Bertz CT molecular complexity index is 470. The Morgan fingerprint density at radius 2 is 1.90 bits per heavy atom. The van der Waals surface area contributed by atoms with Gasteiger partial charge >= 0.3 is 11.9 Å². The number of hydrogen-bond donors (Lipinski definition) is 3. The number of carboxylic acid groups (broad SMARTS) is 1. The van der Waals surface area contributed by atoms with E-state index in [4.69, 9.17) is 20.3 Å². The minimum Gasteiger partial charge on any atom is -0.490 e. The Morgan fingerprint density at radius 3 is 2.40 bits per heavy atom. The summed E-state index contributed by atoms with van der Waals surface area (Å²) in [5, 5.41) is 8.74. The van der Waals surface area contributed by atoms with E-state index in [1.54, 1.807) is 6.92 Å². The summed E-state index contributed by atoms with van der Waals surface area (Å²) in [5.41, 5.74) is 8.32. The second-order valence-corrected chi connectivity index (χ2v) is 4.48. The molecule has 0 heterocycles. The highest BCUT2D eigenvalue weighted by Gasteiger charge is 2.30. The minimum absolute atomic E-state index is 0.0618. The molecule has 1 rings (SSSR count). The van der Waals surface area contributed by atoms with Gasteiger partial charge in [0.1, 0.15) is 25.5 Å². The summed E-state index contributed by atoms with van der Waals surface area (Å²) in [7, 11) is 0. The van der Waals surface area contributed by atoms with E-state index in [2.05, 4.69) is 5.73 Å². The fourth-order valence-corrected chi connectivity index (χ4v) is 1.25. The number of esters is 1. The third kappa shape index (κ3) is 4.52. The lowest BCUT2D eigenvalue weighted by atomic mass is 10.1. The SMILES string of the molecule is CC(N)(C[NH3+])C(=O)OCCOc1ccc(C(=O)O)cc1. The molecule has 0 aliphatic carbocycles. The maximum absolute atomic E-state index is 11.5. The molecule has 0 aromatic heterocycles. The van der Waals surface area contributed by atoms with Crippen molar-refractivity contribution in [3.8, 4) is 5.75 Å². The van der Waals surface area contributed by atoms with E-state index in [-0.39, 0.29) is 25.3 Å². The molecule has 0 aliphatic rings. The van der Waals surface area contributed by atoms with Crippen LogP contribution >= 0.6 is 0 Å². The van der Waals surface area contributed by atoms with Crippen LogP contribution in [0.3, 0.4) is 0 Å². The molecule has 20 heavy (non-hydrogen) atoms. The van der Waals surface area contributed by atoms with E-state index >= 15 is 0 Å². The van der Waals surface area contributed by atoms with Gasteiger partial charge in [-0.05, 0) is 31.2 Å². The molecule has 7 nitrogen and oxygen atoms in total. The quantitative estimate of drug-likeness (QED) is 0.447. The number of ether oxygens (including phenoxy) is 2. The zero-order chi connectivity index (χ0) is 15.2. The maximum atomic E-state index is 11.5. The fourth-order valence-electron chi connectivity index (χ4n) is 1.25. The molecular formula is C13H19N2O5+. The van der Waals surface area contributed by atoms with Crippen LogP contribution in [0.4, 0.5) is 0 Å². The number of carboxylic acids is 1. The van der Waals surface area contributed by atoms with Gasteiger partial charge in [-0.1, -0.05) is 0 Å². The van der Waals surface area contributed by atoms with Gasteiger partial charge in [0.2, 0.25) is 0 Å². The summed E-state index contributed by atoms with van der Waals surface area (Å²) in [6, 6.07) is 5.94. The zero-order valence-electron chi connectivity index (χ0n) is 11.3. The largest absolute Gasteiger partial charge is 0.490 e. The highest BCUT2D eigenvalue weighted by Crippen LogP contribution is 2.12. The molecule has 1 aromatic rings. The Labute approximate surface area is 116 Å². The Kier molecular flexibility index (Phi) is 5.48. The van der Waals surface area contributed by atoms with Crippen molar-refractivity contribution >= 4 is 11.9 Å². The predicted octanol–water partition coefficient (Wildman–Crippen LogP) is -0.734. The van der Waals surface area contributed by atoms with Crippen molar-refractivity contribution in [1.82, 2.24) is 0 Å². The second-order valence-electron chi connectivity index (χ2n) is 4.48. The number of benzene rings is 1. The van der Waals surface area contributed by atoms with Crippen LogP contribution in [0.2, 0.25) is 0 Å². The van der Waals surface area contributed by atoms with Gasteiger partial charge in [-0.2, -0.15) is 0 Å². The molecule has 0 fully saturated rings. The summed E-state index contributed by atoms with van der Waals surface area (Å²) in [4.78, 5) is 22.2. The normalized spacial score (nSPS) is 13.3. The summed E-state index contributed by atoms with van der Waals surface area (Å²) in [6.45, 7) is 2.01. The molecule has 0 spiro atoms. The summed E-state index contributed by atoms with van der Waals surface area (Å²) >= 11 is 0. The molecule has 1 aromatic carbocycles. The van der Waals surface area contributed by atoms with Gasteiger partial charge in [0.25, 0.3) is 0 Å². The van der Waals surface area contributed by atoms with Gasteiger partial charge in [-0.3, -0.25) is 0 Å². The van der Waals surface area contributed by atoms with Crippen LogP contribution in [-0.4, -0.2) is 42.3 Å². The topological polar surface area (TPSA) is 126 Å². The highest BCUT2D eigenvalue weighted by atomic mass is 16.6. The van der Waals surface area contributed by atoms with Gasteiger partial charge in [0, 0.05) is 0 Å². The van der Waals surface area contributed by atoms with Gasteiger partial charge in [0.05, 0.1) is 5.56 Å².